The molecule has 3 heteroatoms. The highest BCUT2D eigenvalue weighted by Gasteiger charge is 2.44. The average molecular weight is 185 g/mol. The van der Waals surface area contributed by atoms with Gasteiger partial charge in [-0.15, -0.1) is 11.6 Å². The molecule has 0 N–H and O–H groups in total. The molecule has 1 saturated carbocycles. The van der Waals surface area contributed by atoms with Crippen LogP contribution in [0.25, 0.3) is 0 Å². The number of halogens is 1. The van der Waals surface area contributed by atoms with Crippen LogP contribution in [0.4, 0.5) is 0 Å². The van der Waals surface area contributed by atoms with Crippen molar-refractivity contribution < 1.29 is 9.21 Å². The summed E-state index contributed by atoms with van der Waals surface area (Å²) in [6.07, 6.45) is 2.54. The van der Waals surface area contributed by atoms with Gasteiger partial charge in [-0.1, -0.05) is 0 Å². The normalized spacial score (nSPS) is 27.1. The van der Waals surface area contributed by atoms with E-state index in [1.54, 1.807) is 6.26 Å². The van der Waals surface area contributed by atoms with Gasteiger partial charge in [0.25, 0.3) is 0 Å². The van der Waals surface area contributed by atoms with Crippen LogP contribution in [0.1, 0.15) is 18.1 Å². The molecule has 12 heavy (non-hydrogen) atoms. The molecule has 1 aromatic heterocycles. The molecule has 0 spiro atoms. The maximum Gasteiger partial charge on any atom is 0.151 e. The molecule has 2 atom stereocenters. The Hall–Kier alpha value is -0.760. The number of hydrogen-bond donors (Lipinski definition) is 0. The molecule has 2 rings (SSSR count). The zero-order chi connectivity index (χ0) is 8.55. The summed E-state index contributed by atoms with van der Waals surface area (Å²) in [5, 5.41) is 0. The molecule has 1 fully saturated rings. The lowest BCUT2D eigenvalue weighted by molar-refractivity contribution is -0.118. The number of alkyl halides is 1. The molecule has 2 nitrogen and oxygen atoms in total. The van der Waals surface area contributed by atoms with Gasteiger partial charge in [0.15, 0.2) is 5.78 Å². The van der Waals surface area contributed by atoms with Gasteiger partial charge in [0, 0.05) is 11.8 Å². The van der Waals surface area contributed by atoms with Crippen LogP contribution in [0.5, 0.6) is 0 Å². The van der Waals surface area contributed by atoms with E-state index in [-0.39, 0.29) is 17.6 Å². The first-order valence-electron chi connectivity index (χ1n) is 3.95. The van der Waals surface area contributed by atoms with Crippen molar-refractivity contribution in [3.05, 3.63) is 24.2 Å². The maximum atomic E-state index is 11.1. The van der Waals surface area contributed by atoms with Crippen molar-refractivity contribution in [3.8, 4) is 0 Å². The van der Waals surface area contributed by atoms with E-state index in [1.165, 1.54) is 0 Å². The van der Waals surface area contributed by atoms with Gasteiger partial charge in [-0.2, -0.15) is 0 Å². The minimum Gasteiger partial charge on any atom is -0.469 e. The third-order valence-corrected chi connectivity index (χ3v) is 2.51. The van der Waals surface area contributed by atoms with E-state index >= 15 is 0 Å². The Balaban J connectivity index is 2.01. The number of ketones is 1. The zero-order valence-electron chi connectivity index (χ0n) is 6.50. The smallest absolute Gasteiger partial charge is 0.151 e. The Kier molecular flexibility index (Phi) is 1.93. The molecule has 1 aliphatic rings. The van der Waals surface area contributed by atoms with Crippen molar-refractivity contribution >= 4 is 17.4 Å². The third kappa shape index (κ3) is 1.27. The fraction of sp³-hybridized carbons (Fsp3) is 0.444. The molecule has 1 aliphatic carbocycles. The SMILES string of the molecule is O=C(CCl)C1CC1c1ccco1. The lowest BCUT2D eigenvalue weighted by atomic mass is 10.2. The molecule has 0 radical (unpaired) electrons. The van der Waals surface area contributed by atoms with Gasteiger partial charge in [-0.3, -0.25) is 4.79 Å². The fourth-order valence-electron chi connectivity index (χ4n) is 1.47. The van der Waals surface area contributed by atoms with Crippen LogP contribution in [0.3, 0.4) is 0 Å². The summed E-state index contributed by atoms with van der Waals surface area (Å²) < 4.78 is 5.19. The molecule has 0 aliphatic heterocycles. The largest absolute Gasteiger partial charge is 0.469 e. The van der Waals surface area contributed by atoms with Gasteiger partial charge in [-0.05, 0) is 18.6 Å². The van der Waals surface area contributed by atoms with Crippen LogP contribution in [0.15, 0.2) is 22.8 Å². The number of carbonyl (C=O) groups is 1. The summed E-state index contributed by atoms with van der Waals surface area (Å²) >= 11 is 5.43. The maximum absolute atomic E-state index is 11.1. The molecule has 2 unspecified atom stereocenters. The minimum atomic E-state index is 0.119. The lowest BCUT2D eigenvalue weighted by Gasteiger charge is -1.91. The molecule has 0 amide bonds. The molecule has 0 saturated heterocycles. The van der Waals surface area contributed by atoms with Crippen LogP contribution < -0.4 is 0 Å². The van der Waals surface area contributed by atoms with Crippen LogP contribution in [0.2, 0.25) is 0 Å². The summed E-state index contributed by atoms with van der Waals surface area (Å²) in [4.78, 5) is 11.1. The lowest BCUT2D eigenvalue weighted by Crippen LogP contribution is -2.02. The predicted molar refractivity (Wildman–Crippen MR) is 45.3 cm³/mol. The quantitative estimate of drug-likeness (QED) is 0.675. The highest BCUT2D eigenvalue weighted by atomic mass is 35.5. The predicted octanol–water partition coefficient (Wildman–Crippen LogP) is 2.19. The zero-order valence-corrected chi connectivity index (χ0v) is 7.25. The number of hydrogen-bond acceptors (Lipinski definition) is 2. The summed E-state index contributed by atoms with van der Waals surface area (Å²) in [7, 11) is 0. The van der Waals surface area contributed by atoms with Crippen LogP contribution in [-0.2, 0) is 4.79 Å². The summed E-state index contributed by atoms with van der Waals surface area (Å²) in [6.45, 7) is 0. The molecule has 64 valence electrons. The Morgan fingerprint density at radius 3 is 3.17 bits per heavy atom. The molecular weight excluding hydrogens is 176 g/mol. The topological polar surface area (TPSA) is 30.2 Å². The van der Waals surface area contributed by atoms with Gasteiger partial charge in [0.05, 0.1) is 12.1 Å². The number of furan rings is 1. The van der Waals surface area contributed by atoms with E-state index in [2.05, 4.69) is 0 Å². The van der Waals surface area contributed by atoms with E-state index in [0.717, 1.165) is 12.2 Å². The minimum absolute atomic E-state index is 0.119. The summed E-state index contributed by atoms with van der Waals surface area (Å²) in [5.74, 6) is 1.60. The Labute approximate surface area is 75.5 Å². The van der Waals surface area contributed by atoms with E-state index in [4.69, 9.17) is 16.0 Å². The number of rotatable bonds is 3. The Morgan fingerprint density at radius 1 is 1.75 bits per heavy atom. The highest BCUT2D eigenvalue weighted by molar-refractivity contribution is 6.28. The first kappa shape index (κ1) is 7.87. The monoisotopic (exact) mass is 184 g/mol. The fourth-order valence-corrected chi connectivity index (χ4v) is 1.66. The molecule has 1 aromatic rings. The van der Waals surface area contributed by atoms with Crippen molar-refractivity contribution in [2.45, 2.75) is 12.3 Å². The highest BCUT2D eigenvalue weighted by Crippen LogP contribution is 2.48. The second kappa shape index (κ2) is 2.94. The van der Waals surface area contributed by atoms with E-state index in [1.807, 2.05) is 12.1 Å². The van der Waals surface area contributed by atoms with Crippen LogP contribution in [-0.4, -0.2) is 11.7 Å². The summed E-state index contributed by atoms with van der Waals surface area (Å²) in [6, 6.07) is 3.75. The van der Waals surface area contributed by atoms with Crippen molar-refractivity contribution in [2.24, 2.45) is 5.92 Å². The number of carbonyl (C=O) groups excluding carboxylic acids is 1. The van der Waals surface area contributed by atoms with Crippen LogP contribution in [0, 0.1) is 5.92 Å². The van der Waals surface area contributed by atoms with Gasteiger partial charge in [-0.25, -0.2) is 0 Å². The molecule has 0 aromatic carbocycles. The third-order valence-electron chi connectivity index (χ3n) is 2.24. The first-order chi connectivity index (χ1) is 5.83. The van der Waals surface area contributed by atoms with Gasteiger partial charge < -0.3 is 4.42 Å². The van der Waals surface area contributed by atoms with E-state index in [0.29, 0.717) is 5.92 Å². The molecule has 1 heterocycles. The van der Waals surface area contributed by atoms with Crippen molar-refractivity contribution in [1.82, 2.24) is 0 Å². The van der Waals surface area contributed by atoms with Gasteiger partial charge in [0.2, 0.25) is 0 Å². The Bertz CT molecular complexity index is 279. The Morgan fingerprint density at radius 2 is 2.58 bits per heavy atom. The second-order valence-corrected chi connectivity index (χ2v) is 3.33. The molecular formula is C9H9ClO2. The average Bonchev–Trinajstić information content (AvgIpc) is 2.71. The van der Waals surface area contributed by atoms with Gasteiger partial charge >= 0.3 is 0 Å². The van der Waals surface area contributed by atoms with Gasteiger partial charge in [0.1, 0.15) is 5.76 Å². The first-order valence-corrected chi connectivity index (χ1v) is 4.48. The summed E-state index contributed by atoms with van der Waals surface area (Å²) in [5.41, 5.74) is 0. The van der Waals surface area contributed by atoms with E-state index < -0.39 is 0 Å². The van der Waals surface area contributed by atoms with Crippen molar-refractivity contribution in [3.63, 3.8) is 0 Å². The standard InChI is InChI=1S/C9H9ClO2/c10-5-8(11)6-4-7(6)9-2-1-3-12-9/h1-3,6-7H,4-5H2. The second-order valence-electron chi connectivity index (χ2n) is 3.06. The van der Waals surface area contributed by atoms with Crippen molar-refractivity contribution in [1.29, 1.82) is 0 Å². The van der Waals surface area contributed by atoms with Crippen LogP contribution >= 0.6 is 11.6 Å². The van der Waals surface area contributed by atoms with Crippen molar-refractivity contribution in [2.75, 3.05) is 5.88 Å². The number of Topliss-reactive ketones (excluding diaryl/α,β-unsaturated/α-hetero) is 1. The van der Waals surface area contributed by atoms with E-state index in [9.17, 15) is 4.79 Å². The molecule has 0 bridgehead atoms.